The van der Waals surface area contributed by atoms with E-state index < -0.39 is 0 Å². The Morgan fingerprint density at radius 2 is 1.70 bits per heavy atom. The number of benzene rings is 2. The van der Waals surface area contributed by atoms with E-state index in [1.165, 1.54) is 5.56 Å². The minimum Gasteiger partial charge on any atom is -0.493 e. The highest BCUT2D eigenvalue weighted by molar-refractivity contribution is 5.90. The number of methoxy groups -OCH3 is 2. The summed E-state index contributed by atoms with van der Waals surface area (Å²) in [7, 11) is 7.41. The molecule has 0 saturated heterocycles. The molecule has 1 saturated carbocycles. The summed E-state index contributed by atoms with van der Waals surface area (Å²) in [5.74, 6) is 3.26. The van der Waals surface area contributed by atoms with Crippen molar-refractivity contribution in [3.05, 3.63) is 47.5 Å². The fourth-order valence-corrected chi connectivity index (χ4v) is 4.68. The molecule has 0 aliphatic heterocycles. The highest BCUT2D eigenvalue weighted by Gasteiger charge is 2.22. The van der Waals surface area contributed by atoms with Crippen LogP contribution in [0.2, 0.25) is 0 Å². The number of nitrogens with zero attached hydrogens (tertiary/aromatic N) is 3. The number of fused-ring (bicyclic) bond motifs is 1. The van der Waals surface area contributed by atoms with E-state index in [9.17, 15) is 0 Å². The maximum atomic E-state index is 5.49. The molecule has 0 amide bonds. The van der Waals surface area contributed by atoms with Crippen LogP contribution in [0.4, 0.5) is 11.8 Å². The summed E-state index contributed by atoms with van der Waals surface area (Å²) >= 11 is 0. The van der Waals surface area contributed by atoms with Crippen molar-refractivity contribution in [2.45, 2.75) is 51.2 Å². The number of nitrogens with one attached hydrogen (secondary N) is 2. The van der Waals surface area contributed by atoms with Crippen LogP contribution < -0.4 is 25.0 Å². The lowest BCUT2D eigenvalue weighted by molar-refractivity contribution is 0.347. The van der Waals surface area contributed by atoms with Gasteiger partial charge in [0.05, 0.1) is 19.7 Å². The van der Waals surface area contributed by atoms with E-state index in [4.69, 9.17) is 19.4 Å². The molecule has 1 aromatic heterocycles. The predicted molar refractivity (Wildman–Crippen MR) is 135 cm³/mol. The van der Waals surface area contributed by atoms with Gasteiger partial charge in [-0.25, -0.2) is 4.98 Å². The Bertz CT molecular complexity index is 1090. The molecule has 2 N–H and O–H groups in total. The summed E-state index contributed by atoms with van der Waals surface area (Å²) in [6.45, 7) is 2.88. The van der Waals surface area contributed by atoms with Crippen LogP contribution in [-0.4, -0.2) is 50.4 Å². The van der Waals surface area contributed by atoms with Crippen molar-refractivity contribution in [1.82, 2.24) is 15.3 Å². The number of rotatable bonds is 8. The zero-order chi connectivity index (χ0) is 23.4. The first-order valence-corrected chi connectivity index (χ1v) is 11.6. The molecule has 1 fully saturated rings. The molecule has 1 aliphatic rings. The summed E-state index contributed by atoms with van der Waals surface area (Å²) in [6, 6.07) is 13.3. The van der Waals surface area contributed by atoms with Gasteiger partial charge in [-0.15, -0.1) is 0 Å². The minimum absolute atomic E-state index is 0.391. The second-order valence-corrected chi connectivity index (χ2v) is 9.00. The van der Waals surface area contributed by atoms with Gasteiger partial charge >= 0.3 is 0 Å². The van der Waals surface area contributed by atoms with E-state index >= 15 is 0 Å². The summed E-state index contributed by atoms with van der Waals surface area (Å²) in [6.07, 6.45) is 4.43. The van der Waals surface area contributed by atoms with Crippen LogP contribution >= 0.6 is 0 Å². The Balaban J connectivity index is 1.34. The van der Waals surface area contributed by atoms with Crippen LogP contribution in [0.25, 0.3) is 10.9 Å². The predicted octanol–water partition coefficient (Wildman–Crippen LogP) is 4.53. The number of aryl methyl sites for hydroxylation is 1. The normalized spacial score (nSPS) is 18.2. The van der Waals surface area contributed by atoms with Crippen molar-refractivity contribution in [2.24, 2.45) is 0 Å². The molecule has 0 radical (unpaired) electrons. The van der Waals surface area contributed by atoms with Crippen LogP contribution in [0.15, 0.2) is 36.4 Å². The van der Waals surface area contributed by atoms with E-state index in [2.05, 4.69) is 35.8 Å². The van der Waals surface area contributed by atoms with Gasteiger partial charge in [0.25, 0.3) is 0 Å². The molecule has 4 rings (SSSR count). The van der Waals surface area contributed by atoms with Crippen molar-refractivity contribution in [3.63, 3.8) is 0 Å². The number of ether oxygens (including phenoxy) is 2. The molecule has 33 heavy (non-hydrogen) atoms. The van der Waals surface area contributed by atoms with E-state index in [0.29, 0.717) is 12.1 Å². The Morgan fingerprint density at radius 3 is 2.39 bits per heavy atom. The Kier molecular flexibility index (Phi) is 7.18. The molecule has 0 bridgehead atoms. The molecule has 1 aliphatic carbocycles. The maximum Gasteiger partial charge on any atom is 0.225 e. The molecule has 3 aromatic rings. The summed E-state index contributed by atoms with van der Waals surface area (Å²) < 4.78 is 11.0. The van der Waals surface area contributed by atoms with Crippen molar-refractivity contribution in [1.29, 1.82) is 0 Å². The van der Waals surface area contributed by atoms with Gasteiger partial charge in [-0.05, 0) is 61.9 Å². The zero-order valence-corrected chi connectivity index (χ0v) is 20.3. The van der Waals surface area contributed by atoms with Gasteiger partial charge in [0.1, 0.15) is 5.82 Å². The number of anilines is 2. The largest absolute Gasteiger partial charge is 0.493 e. The first-order chi connectivity index (χ1) is 16.0. The second kappa shape index (κ2) is 10.3. The third-order valence-electron chi connectivity index (χ3n) is 6.39. The summed E-state index contributed by atoms with van der Waals surface area (Å²) in [4.78, 5) is 11.6. The average Bonchev–Trinajstić information content (AvgIpc) is 2.82. The van der Waals surface area contributed by atoms with Crippen LogP contribution in [0.1, 0.15) is 36.8 Å². The highest BCUT2D eigenvalue weighted by Crippen LogP contribution is 2.32. The molecule has 0 unspecified atom stereocenters. The van der Waals surface area contributed by atoms with E-state index in [1.807, 2.05) is 37.2 Å². The van der Waals surface area contributed by atoms with Gasteiger partial charge in [-0.1, -0.05) is 18.2 Å². The fraction of sp³-hybridized carbons (Fsp3) is 0.462. The van der Waals surface area contributed by atoms with Crippen LogP contribution in [0.3, 0.4) is 0 Å². The van der Waals surface area contributed by atoms with E-state index in [0.717, 1.165) is 72.0 Å². The van der Waals surface area contributed by atoms with Crippen molar-refractivity contribution in [3.8, 4) is 11.5 Å². The lowest BCUT2D eigenvalue weighted by atomic mass is 9.91. The lowest BCUT2D eigenvalue weighted by Gasteiger charge is -2.30. The standard InChI is InChI=1S/C26H35N5O2/c1-17-14-18(15-23(32-4)24(17)33-5)16-27-19-10-12-20(13-11-19)28-26-29-22-9-7-6-8-21(22)25(30-26)31(2)3/h6-9,14-15,19-20,27H,10-13,16H2,1-5H3,(H,28,29,30). The van der Waals surface area contributed by atoms with E-state index in [-0.39, 0.29) is 0 Å². The average molecular weight is 450 g/mol. The van der Waals surface area contributed by atoms with Crippen LogP contribution in [-0.2, 0) is 6.54 Å². The van der Waals surface area contributed by atoms with E-state index in [1.54, 1.807) is 14.2 Å². The Hall–Kier alpha value is -3.06. The topological polar surface area (TPSA) is 71.5 Å². The first-order valence-electron chi connectivity index (χ1n) is 11.6. The Labute approximate surface area is 196 Å². The van der Waals surface area contributed by atoms with Crippen molar-refractivity contribution >= 4 is 22.7 Å². The number of para-hydroxylation sites is 1. The van der Waals surface area contributed by atoms with Gasteiger partial charge in [-0.2, -0.15) is 4.98 Å². The molecular formula is C26H35N5O2. The van der Waals surface area contributed by atoms with Gasteiger partial charge in [-0.3, -0.25) is 0 Å². The first kappa shape index (κ1) is 23.1. The fourth-order valence-electron chi connectivity index (χ4n) is 4.68. The van der Waals surface area contributed by atoms with Gasteiger partial charge < -0.3 is 25.0 Å². The molecule has 7 heteroatoms. The second-order valence-electron chi connectivity index (χ2n) is 9.00. The van der Waals surface area contributed by atoms with Crippen molar-refractivity contribution < 1.29 is 9.47 Å². The molecule has 1 heterocycles. The van der Waals surface area contributed by atoms with Crippen LogP contribution in [0, 0.1) is 6.92 Å². The summed E-state index contributed by atoms with van der Waals surface area (Å²) in [5, 5.41) is 8.39. The number of hydrogen-bond acceptors (Lipinski definition) is 7. The zero-order valence-electron chi connectivity index (χ0n) is 20.3. The minimum atomic E-state index is 0.391. The molecular weight excluding hydrogens is 414 g/mol. The quantitative estimate of drug-likeness (QED) is 0.523. The molecule has 176 valence electrons. The lowest BCUT2D eigenvalue weighted by Crippen LogP contribution is -2.37. The van der Waals surface area contributed by atoms with Gasteiger partial charge in [0.15, 0.2) is 11.5 Å². The molecule has 7 nitrogen and oxygen atoms in total. The summed E-state index contributed by atoms with van der Waals surface area (Å²) in [5.41, 5.74) is 3.28. The number of hydrogen-bond donors (Lipinski definition) is 2. The molecule has 0 spiro atoms. The SMILES string of the molecule is COc1cc(CNC2CCC(Nc3nc(N(C)C)c4ccccc4n3)CC2)cc(C)c1OC. The smallest absolute Gasteiger partial charge is 0.225 e. The van der Waals surface area contributed by atoms with Crippen LogP contribution in [0.5, 0.6) is 11.5 Å². The van der Waals surface area contributed by atoms with Gasteiger partial charge in [0, 0.05) is 38.1 Å². The monoisotopic (exact) mass is 449 g/mol. The highest BCUT2D eigenvalue weighted by atomic mass is 16.5. The third-order valence-corrected chi connectivity index (χ3v) is 6.39. The number of aromatic nitrogens is 2. The maximum absolute atomic E-state index is 5.49. The van der Waals surface area contributed by atoms with Gasteiger partial charge in [0.2, 0.25) is 5.95 Å². The van der Waals surface area contributed by atoms with Crippen molar-refractivity contribution in [2.75, 3.05) is 38.5 Å². The molecule has 0 atom stereocenters. The third kappa shape index (κ3) is 5.30. The molecule has 2 aromatic carbocycles. The Morgan fingerprint density at radius 1 is 0.970 bits per heavy atom.